The van der Waals surface area contributed by atoms with E-state index in [0.29, 0.717) is 21.7 Å². The number of Topliss-reactive ketones (excluding diaryl/α,β-unsaturated/α-hetero) is 1. The van der Waals surface area contributed by atoms with Gasteiger partial charge in [-0.25, -0.2) is 0 Å². The molecule has 0 fully saturated rings. The summed E-state index contributed by atoms with van der Waals surface area (Å²) >= 11 is 6.52. The molecule has 3 aromatic rings. The van der Waals surface area contributed by atoms with Gasteiger partial charge in [-0.05, 0) is 29.8 Å². The van der Waals surface area contributed by atoms with Gasteiger partial charge in [0.15, 0.2) is 5.78 Å². The van der Waals surface area contributed by atoms with Crippen LogP contribution in [0.5, 0.6) is 0 Å². The van der Waals surface area contributed by atoms with Crippen LogP contribution in [0.15, 0.2) is 89.8 Å². The summed E-state index contributed by atoms with van der Waals surface area (Å²) in [7, 11) is 0. The highest BCUT2D eigenvalue weighted by Gasteiger charge is 2.57. The van der Waals surface area contributed by atoms with E-state index in [1.165, 1.54) is 36.4 Å². The highest BCUT2D eigenvalue weighted by atomic mass is 35.5. The Morgan fingerprint density at radius 3 is 1.89 bits per heavy atom. The van der Waals surface area contributed by atoms with Gasteiger partial charge in [-0.15, -0.1) is 11.8 Å². The lowest BCUT2D eigenvalue weighted by Gasteiger charge is -2.35. The maximum atomic E-state index is 14.5. The minimum atomic E-state index is -4.67. The summed E-state index contributed by atoms with van der Waals surface area (Å²) in [5.74, 6) is -0.573. The zero-order valence-corrected chi connectivity index (χ0v) is 16.2. The van der Waals surface area contributed by atoms with Crippen molar-refractivity contribution >= 4 is 29.1 Å². The Morgan fingerprint density at radius 1 is 0.821 bits per heavy atom. The molecule has 0 aromatic heterocycles. The SMILES string of the molecule is O=C(C[C@](Sc1ccccc1)(c1ccc(Cl)cc1)C(F)(F)F)c1ccccc1. The summed E-state index contributed by atoms with van der Waals surface area (Å²) < 4.78 is 41.1. The van der Waals surface area contributed by atoms with Crippen LogP contribution in [-0.2, 0) is 4.75 Å². The Balaban J connectivity index is 2.12. The number of alkyl halides is 3. The molecule has 0 unspecified atom stereocenters. The highest BCUT2D eigenvalue weighted by molar-refractivity contribution is 8.00. The van der Waals surface area contributed by atoms with Crippen molar-refractivity contribution in [2.45, 2.75) is 22.2 Å². The first-order chi connectivity index (χ1) is 13.3. The topological polar surface area (TPSA) is 17.1 Å². The zero-order chi connectivity index (χ0) is 20.2. The highest BCUT2D eigenvalue weighted by Crippen LogP contribution is 2.55. The summed E-state index contributed by atoms with van der Waals surface area (Å²) in [4.78, 5) is 13.2. The molecule has 0 saturated carbocycles. The third-order valence-corrected chi connectivity index (χ3v) is 6.03. The molecular weight excluding hydrogens is 405 g/mol. The number of thioether (sulfide) groups is 1. The average molecular weight is 421 g/mol. The zero-order valence-electron chi connectivity index (χ0n) is 14.6. The van der Waals surface area contributed by atoms with Crippen LogP contribution in [-0.4, -0.2) is 12.0 Å². The molecule has 0 radical (unpaired) electrons. The summed E-state index contributed by atoms with van der Waals surface area (Å²) in [5.41, 5.74) is 0.237. The summed E-state index contributed by atoms with van der Waals surface area (Å²) in [6, 6.07) is 21.8. The van der Waals surface area contributed by atoms with Gasteiger partial charge in [0, 0.05) is 21.9 Å². The lowest BCUT2D eigenvalue weighted by Crippen LogP contribution is -2.41. The van der Waals surface area contributed by atoms with E-state index < -0.39 is 23.1 Å². The van der Waals surface area contributed by atoms with Crippen molar-refractivity contribution in [2.24, 2.45) is 0 Å². The van der Waals surface area contributed by atoms with Crippen molar-refractivity contribution in [1.82, 2.24) is 0 Å². The van der Waals surface area contributed by atoms with Crippen LogP contribution in [0.1, 0.15) is 22.3 Å². The second-order valence-electron chi connectivity index (χ2n) is 6.21. The molecule has 0 heterocycles. The molecular formula is C22H16ClF3OS. The van der Waals surface area contributed by atoms with Crippen molar-refractivity contribution in [3.8, 4) is 0 Å². The molecule has 0 N–H and O–H groups in total. The van der Waals surface area contributed by atoms with Crippen molar-refractivity contribution in [1.29, 1.82) is 0 Å². The van der Waals surface area contributed by atoms with Crippen molar-refractivity contribution in [3.05, 3.63) is 101 Å². The maximum Gasteiger partial charge on any atom is 0.408 e. The van der Waals surface area contributed by atoms with Gasteiger partial charge in [-0.1, -0.05) is 72.3 Å². The Hall–Kier alpha value is -2.24. The van der Waals surface area contributed by atoms with Crippen LogP contribution in [0.3, 0.4) is 0 Å². The monoisotopic (exact) mass is 420 g/mol. The number of hydrogen-bond acceptors (Lipinski definition) is 2. The standard InChI is InChI=1S/C22H16ClF3OS/c23-18-13-11-17(12-14-18)21(22(24,25)26,28-19-9-5-2-6-10-19)15-20(27)16-7-3-1-4-8-16/h1-14H,15H2/t21-/m0/s1. The van der Waals surface area contributed by atoms with Gasteiger partial charge in [-0.3, -0.25) is 4.79 Å². The van der Waals surface area contributed by atoms with E-state index >= 15 is 0 Å². The van der Waals surface area contributed by atoms with E-state index in [2.05, 4.69) is 0 Å². The molecule has 144 valence electrons. The Kier molecular flexibility index (Phi) is 6.16. The third-order valence-electron chi connectivity index (χ3n) is 4.31. The average Bonchev–Trinajstić information content (AvgIpc) is 2.68. The lowest BCUT2D eigenvalue weighted by atomic mass is 9.90. The largest absolute Gasteiger partial charge is 0.408 e. The van der Waals surface area contributed by atoms with E-state index in [1.54, 1.807) is 48.5 Å². The summed E-state index contributed by atoms with van der Waals surface area (Å²) in [6.45, 7) is 0. The normalized spacial score (nSPS) is 13.7. The summed E-state index contributed by atoms with van der Waals surface area (Å²) in [5, 5.41) is 0.332. The van der Waals surface area contributed by atoms with Crippen molar-refractivity contribution in [2.75, 3.05) is 0 Å². The number of carbonyl (C=O) groups excluding carboxylic acids is 1. The van der Waals surface area contributed by atoms with Gasteiger partial charge in [0.05, 0.1) is 0 Å². The van der Waals surface area contributed by atoms with Gasteiger partial charge in [0.25, 0.3) is 0 Å². The fourth-order valence-corrected chi connectivity index (χ4v) is 4.27. The first kappa shape index (κ1) is 20.5. The van der Waals surface area contributed by atoms with Gasteiger partial charge in [0.2, 0.25) is 0 Å². The van der Waals surface area contributed by atoms with Crippen LogP contribution in [0.4, 0.5) is 13.2 Å². The van der Waals surface area contributed by atoms with Gasteiger partial charge >= 0.3 is 6.18 Å². The Bertz CT molecular complexity index is 928. The summed E-state index contributed by atoms with van der Waals surface area (Å²) in [6.07, 6.45) is -5.40. The lowest BCUT2D eigenvalue weighted by molar-refractivity contribution is -0.161. The fourth-order valence-electron chi connectivity index (χ4n) is 2.88. The van der Waals surface area contributed by atoms with Crippen LogP contribution in [0, 0.1) is 0 Å². The molecule has 3 aromatic carbocycles. The van der Waals surface area contributed by atoms with E-state index in [9.17, 15) is 18.0 Å². The molecule has 0 bridgehead atoms. The fraction of sp³-hybridized carbons (Fsp3) is 0.136. The van der Waals surface area contributed by atoms with Gasteiger partial charge in [0.1, 0.15) is 4.75 Å². The smallest absolute Gasteiger partial charge is 0.294 e. The predicted octanol–water partition coefficient (Wildman–Crippen LogP) is 7.16. The molecule has 1 nitrogen and oxygen atoms in total. The first-order valence-electron chi connectivity index (χ1n) is 8.47. The van der Waals surface area contributed by atoms with Crippen LogP contribution < -0.4 is 0 Å². The first-order valence-corrected chi connectivity index (χ1v) is 9.66. The third kappa shape index (κ3) is 4.42. The number of ketones is 1. The predicted molar refractivity (Wildman–Crippen MR) is 107 cm³/mol. The molecule has 6 heteroatoms. The molecule has 28 heavy (non-hydrogen) atoms. The number of rotatable bonds is 6. The maximum absolute atomic E-state index is 14.5. The molecule has 0 saturated heterocycles. The van der Waals surface area contributed by atoms with Crippen LogP contribution in [0.25, 0.3) is 0 Å². The molecule has 0 amide bonds. The minimum Gasteiger partial charge on any atom is -0.294 e. The number of hydrogen-bond donors (Lipinski definition) is 0. The second kappa shape index (κ2) is 8.41. The van der Waals surface area contributed by atoms with E-state index in [1.807, 2.05) is 0 Å². The van der Waals surface area contributed by atoms with E-state index in [-0.39, 0.29) is 11.1 Å². The van der Waals surface area contributed by atoms with E-state index in [4.69, 9.17) is 11.6 Å². The molecule has 0 spiro atoms. The van der Waals surface area contributed by atoms with Gasteiger partial charge in [-0.2, -0.15) is 13.2 Å². The Labute approximate surface area is 170 Å². The number of benzene rings is 3. The number of carbonyl (C=O) groups is 1. The van der Waals surface area contributed by atoms with Crippen LogP contribution >= 0.6 is 23.4 Å². The van der Waals surface area contributed by atoms with Crippen LogP contribution in [0.2, 0.25) is 5.02 Å². The van der Waals surface area contributed by atoms with Crippen molar-refractivity contribution in [3.63, 3.8) is 0 Å². The quantitative estimate of drug-likeness (QED) is 0.311. The molecule has 0 aliphatic rings. The van der Waals surface area contributed by atoms with Gasteiger partial charge < -0.3 is 0 Å². The molecule has 0 aliphatic heterocycles. The van der Waals surface area contributed by atoms with Crippen molar-refractivity contribution < 1.29 is 18.0 Å². The molecule has 1 atom stereocenters. The van der Waals surface area contributed by atoms with E-state index in [0.717, 1.165) is 0 Å². The minimum absolute atomic E-state index is 0.0115. The second-order valence-corrected chi connectivity index (χ2v) is 8.02. The molecule has 0 aliphatic carbocycles. The number of halogens is 4. The molecule has 3 rings (SSSR count). The Morgan fingerprint density at radius 2 is 1.36 bits per heavy atom.